The first-order chi connectivity index (χ1) is 12.0. The van der Waals surface area contributed by atoms with Gasteiger partial charge in [0.05, 0.1) is 19.3 Å². The van der Waals surface area contributed by atoms with E-state index < -0.39 is 0 Å². The van der Waals surface area contributed by atoms with Gasteiger partial charge >= 0.3 is 0 Å². The van der Waals surface area contributed by atoms with Crippen molar-refractivity contribution in [2.45, 2.75) is 34.2 Å². The van der Waals surface area contributed by atoms with Crippen molar-refractivity contribution < 1.29 is 9.53 Å². The molecule has 0 atom stereocenters. The zero-order valence-electron chi connectivity index (χ0n) is 16.3. The largest absolute Gasteiger partial charge is 0.496 e. The number of carbonyl (C=O) groups excluding carboxylic acids is 1. The molecule has 1 aliphatic heterocycles. The Labute approximate surface area is 173 Å². The molecule has 7 nitrogen and oxygen atoms in total. The van der Waals surface area contributed by atoms with Gasteiger partial charge in [0.2, 0.25) is 5.91 Å². The fourth-order valence-electron chi connectivity index (χ4n) is 3.04. The van der Waals surface area contributed by atoms with Crippen LogP contribution in [-0.4, -0.2) is 66.5 Å². The van der Waals surface area contributed by atoms with Gasteiger partial charge in [-0.05, 0) is 20.8 Å². The van der Waals surface area contributed by atoms with Gasteiger partial charge in [0.25, 0.3) is 0 Å². The Kier molecular flexibility index (Phi) is 9.11. The number of nitrogens with one attached hydrogen (secondary N) is 1. The van der Waals surface area contributed by atoms with Gasteiger partial charge in [-0.15, -0.1) is 24.0 Å². The maximum atomic E-state index is 11.5. The Morgan fingerprint density at radius 3 is 2.42 bits per heavy atom. The lowest BCUT2D eigenvalue weighted by Crippen LogP contribution is -2.53. The van der Waals surface area contributed by atoms with Gasteiger partial charge in [-0.25, -0.2) is 4.99 Å². The fourth-order valence-corrected chi connectivity index (χ4v) is 3.04. The first-order valence-corrected chi connectivity index (χ1v) is 8.75. The molecule has 0 saturated carbocycles. The Morgan fingerprint density at radius 2 is 1.88 bits per heavy atom. The lowest BCUT2D eigenvalue weighted by atomic mass is 10.1. The van der Waals surface area contributed by atoms with Crippen molar-refractivity contribution in [3.8, 4) is 5.75 Å². The van der Waals surface area contributed by atoms with Crippen molar-refractivity contribution in [3.05, 3.63) is 23.0 Å². The third kappa shape index (κ3) is 5.46. The number of rotatable bonds is 4. The molecule has 0 bridgehead atoms. The van der Waals surface area contributed by atoms with Crippen LogP contribution in [0.25, 0.3) is 0 Å². The van der Waals surface area contributed by atoms with E-state index in [1.807, 2.05) is 24.9 Å². The highest BCUT2D eigenvalue weighted by Crippen LogP contribution is 2.24. The summed E-state index contributed by atoms with van der Waals surface area (Å²) in [5.41, 5.74) is 2.98. The molecular weight excluding hydrogens is 445 g/mol. The number of amides is 1. The van der Waals surface area contributed by atoms with Gasteiger partial charge in [0.15, 0.2) is 5.96 Å². The quantitative estimate of drug-likeness (QED) is 0.410. The Morgan fingerprint density at radius 1 is 1.27 bits per heavy atom. The SMILES string of the molecule is CCNC(=NCc1ncc(C)c(OC)c1C)N1CCN(C(C)=O)CC1.I. The molecule has 1 aromatic rings. The molecule has 0 aromatic carbocycles. The van der Waals surface area contributed by atoms with Gasteiger partial charge < -0.3 is 19.9 Å². The average Bonchev–Trinajstić information content (AvgIpc) is 2.60. The van der Waals surface area contributed by atoms with Gasteiger partial charge in [-0.2, -0.15) is 0 Å². The average molecular weight is 475 g/mol. The number of carbonyl (C=O) groups is 1. The number of piperazine rings is 1. The minimum absolute atomic E-state index is 0. The van der Waals surface area contributed by atoms with Crippen LogP contribution in [0.5, 0.6) is 5.75 Å². The molecule has 1 fully saturated rings. The normalized spacial score (nSPS) is 14.7. The van der Waals surface area contributed by atoms with Crippen molar-refractivity contribution in [2.75, 3.05) is 39.8 Å². The number of pyridine rings is 1. The highest BCUT2D eigenvalue weighted by molar-refractivity contribution is 14.0. The topological polar surface area (TPSA) is 70.1 Å². The maximum absolute atomic E-state index is 11.5. The predicted molar refractivity (Wildman–Crippen MR) is 114 cm³/mol. The lowest BCUT2D eigenvalue weighted by molar-refractivity contribution is -0.130. The monoisotopic (exact) mass is 475 g/mol. The Bertz CT molecular complexity index is 643. The molecule has 1 amide bonds. The van der Waals surface area contributed by atoms with Crippen molar-refractivity contribution in [1.29, 1.82) is 0 Å². The van der Waals surface area contributed by atoms with Crippen LogP contribution in [0, 0.1) is 13.8 Å². The number of hydrogen-bond acceptors (Lipinski definition) is 4. The number of halogens is 1. The molecule has 2 rings (SSSR count). The number of aryl methyl sites for hydroxylation is 1. The summed E-state index contributed by atoms with van der Waals surface area (Å²) >= 11 is 0. The summed E-state index contributed by atoms with van der Waals surface area (Å²) in [6.07, 6.45) is 1.83. The predicted octanol–water partition coefficient (Wildman–Crippen LogP) is 1.95. The molecular formula is C18H30IN5O2. The van der Waals surface area contributed by atoms with E-state index in [0.29, 0.717) is 6.54 Å². The second-order valence-corrected chi connectivity index (χ2v) is 6.21. The molecule has 2 heterocycles. The van der Waals surface area contributed by atoms with Crippen LogP contribution in [0.3, 0.4) is 0 Å². The molecule has 1 aromatic heterocycles. The summed E-state index contributed by atoms with van der Waals surface area (Å²) < 4.78 is 5.47. The summed E-state index contributed by atoms with van der Waals surface area (Å²) in [5, 5.41) is 3.34. The standard InChI is InChI=1S/C18H29N5O2.HI/c1-6-19-18(23-9-7-22(8-10-23)15(4)24)21-12-16-14(3)17(25-5)13(2)11-20-16;/h11H,6-10,12H2,1-5H3,(H,19,21);1H. The van der Waals surface area contributed by atoms with E-state index in [0.717, 1.165) is 61.3 Å². The van der Waals surface area contributed by atoms with Gasteiger partial charge in [-0.3, -0.25) is 9.78 Å². The summed E-state index contributed by atoms with van der Waals surface area (Å²) in [6, 6.07) is 0. The molecule has 0 radical (unpaired) electrons. The second kappa shape index (κ2) is 10.5. The first kappa shape index (κ1) is 22.5. The van der Waals surface area contributed by atoms with Crippen LogP contribution in [-0.2, 0) is 11.3 Å². The van der Waals surface area contributed by atoms with Gasteiger partial charge in [0.1, 0.15) is 5.75 Å². The van der Waals surface area contributed by atoms with Crippen LogP contribution < -0.4 is 10.1 Å². The molecule has 1 aliphatic rings. The fraction of sp³-hybridized carbons (Fsp3) is 0.611. The third-order valence-electron chi connectivity index (χ3n) is 4.49. The van der Waals surface area contributed by atoms with E-state index in [2.05, 4.69) is 22.1 Å². The zero-order valence-corrected chi connectivity index (χ0v) is 18.7. The van der Waals surface area contributed by atoms with Crippen LogP contribution in [0.4, 0.5) is 0 Å². The highest BCUT2D eigenvalue weighted by Gasteiger charge is 2.21. The van der Waals surface area contributed by atoms with E-state index in [1.54, 1.807) is 14.0 Å². The lowest BCUT2D eigenvalue weighted by Gasteiger charge is -2.36. The van der Waals surface area contributed by atoms with E-state index in [-0.39, 0.29) is 29.9 Å². The number of methoxy groups -OCH3 is 1. The third-order valence-corrected chi connectivity index (χ3v) is 4.49. The van der Waals surface area contributed by atoms with Gasteiger partial charge in [0, 0.05) is 57.0 Å². The minimum atomic E-state index is 0. The number of guanidine groups is 1. The van der Waals surface area contributed by atoms with Crippen LogP contribution in [0.15, 0.2) is 11.2 Å². The summed E-state index contributed by atoms with van der Waals surface area (Å²) in [4.78, 5) is 24.8. The van der Waals surface area contributed by atoms with Crippen molar-refractivity contribution in [2.24, 2.45) is 4.99 Å². The molecule has 0 unspecified atom stereocenters. The number of nitrogens with zero attached hydrogens (tertiary/aromatic N) is 4. The maximum Gasteiger partial charge on any atom is 0.219 e. The van der Waals surface area contributed by atoms with E-state index in [4.69, 9.17) is 9.73 Å². The molecule has 0 aliphatic carbocycles. The molecule has 0 spiro atoms. The van der Waals surface area contributed by atoms with E-state index >= 15 is 0 Å². The molecule has 146 valence electrons. The van der Waals surface area contributed by atoms with Gasteiger partial charge in [-0.1, -0.05) is 0 Å². The first-order valence-electron chi connectivity index (χ1n) is 8.75. The molecule has 1 saturated heterocycles. The van der Waals surface area contributed by atoms with Crippen molar-refractivity contribution >= 4 is 35.8 Å². The highest BCUT2D eigenvalue weighted by atomic mass is 127. The van der Waals surface area contributed by atoms with Crippen molar-refractivity contribution in [1.82, 2.24) is 20.1 Å². The number of aliphatic imine (C=N–C) groups is 1. The Balaban J connectivity index is 0.00000338. The number of aromatic nitrogens is 1. The summed E-state index contributed by atoms with van der Waals surface area (Å²) in [5.74, 6) is 1.87. The number of ether oxygens (including phenoxy) is 1. The molecule has 8 heteroatoms. The zero-order chi connectivity index (χ0) is 18.4. The summed E-state index contributed by atoms with van der Waals surface area (Å²) in [6.45, 7) is 12.0. The van der Waals surface area contributed by atoms with Crippen molar-refractivity contribution in [3.63, 3.8) is 0 Å². The minimum Gasteiger partial charge on any atom is -0.496 e. The number of hydrogen-bond donors (Lipinski definition) is 1. The molecule has 1 N–H and O–H groups in total. The molecule has 26 heavy (non-hydrogen) atoms. The van der Waals surface area contributed by atoms with E-state index in [9.17, 15) is 4.79 Å². The Hall–Kier alpha value is -1.58. The second-order valence-electron chi connectivity index (χ2n) is 6.21. The van der Waals surface area contributed by atoms with Crippen LogP contribution >= 0.6 is 24.0 Å². The smallest absolute Gasteiger partial charge is 0.219 e. The summed E-state index contributed by atoms with van der Waals surface area (Å²) in [7, 11) is 1.68. The van der Waals surface area contributed by atoms with E-state index in [1.165, 1.54) is 0 Å². The van der Waals surface area contributed by atoms with Crippen LogP contribution in [0.2, 0.25) is 0 Å². The van der Waals surface area contributed by atoms with Crippen LogP contribution in [0.1, 0.15) is 30.7 Å².